The second-order valence-corrected chi connectivity index (χ2v) is 8.92. The number of phenols is 1. The van der Waals surface area contributed by atoms with E-state index in [0.29, 0.717) is 37.6 Å². The van der Waals surface area contributed by atoms with Crippen molar-refractivity contribution < 1.29 is 19.3 Å². The number of aromatic hydroxyl groups is 1. The third-order valence-corrected chi connectivity index (χ3v) is 7.72. The number of hydrogen-bond acceptors (Lipinski definition) is 4. The Morgan fingerprint density at radius 3 is 2.92 bits per heavy atom. The largest absolute Gasteiger partial charge is 0.508 e. The number of phenolic OH excluding ortho intramolecular Hbond substituents is 1. The summed E-state index contributed by atoms with van der Waals surface area (Å²) in [5, 5.41) is 9.83. The molecule has 1 saturated heterocycles. The van der Waals surface area contributed by atoms with Gasteiger partial charge in [-0.3, -0.25) is 0 Å². The minimum Gasteiger partial charge on any atom is -0.508 e. The van der Waals surface area contributed by atoms with Gasteiger partial charge in [0, 0.05) is 0 Å². The smallest absolute Gasteiger partial charge is 0.181 e. The Labute approximate surface area is 155 Å². The molecule has 26 heavy (non-hydrogen) atoms. The highest BCUT2D eigenvalue weighted by Gasteiger charge is 2.55. The molecule has 0 bridgehead atoms. The van der Waals surface area contributed by atoms with Crippen molar-refractivity contribution in [2.24, 2.45) is 17.3 Å². The fourth-order valence-corrected chi connectivity index (χ4v) is 6.47. The molecular weight excluding hydrogens is 328 g/mol. The van der Waals surface area contributed by atoms with Gasteiger partial charge in [0.2, 0.25) is 0 Å². The Balaban J connectivity index is 1.36. The van der Waals surface area contributed by atoms with Crippen LogP contribution < -0.4 is 0 Å². The lowest BCUT2D eigenvalue weighted by atomic mass is 9.55. The first-order chi connectivity index (χ1) is 12.6. The van der Waals surface area contributed by atoms with E-state index < -0.39 is 0 Å². The van der Waals surface area contributed by atoms with E-state index in [4.69, 9.17) is 14.2 Å². The lowest BCUT2D eigenvalue weighted by molar-refractivity contribution is -0.246. The third kappa shape index (κ3) is 2.69. The minimum atomic E-state index is -0.183. The lowest BCUT2D eigenvalue weighted by Crippen LogP contribution is -2.46. The second kappa shape index (κ2) is 6.50. The summed E-state index contributed by atoms with van der Waals surface area (Å²) >= 11 is 0. The van der Waals surface area contributed by atoms with Gasteiger partial charge >= 0.3 is 0 Å². The second-order valence-electron chi connectivity index (χ2n) is 8.92. The number of hydrogen-bond donors (Lipinski definition) is 1. The summed E-state index contributed by atoms with van der Waals surface area (Å²) in [5.74, 6) is 2.55. The predicted octanol–water partition coefficient (Wildman–Crippen LogP) is 4.01. The van der Waals surface area contributed by atoms with Gasteiger partial charge in [0.05, 0.1) is 25.9 Å². The van der Waals surface area contributed by atoms with Crippen LogP contribution in [0.5, 0.6) is 5.75 Å². The number of rotatable bonds is 2. The Bertz CT molecular complexity index is 668. The first-order valence-corrected chi connectivity index (χ1v) is 10.3. The van der Waals surface area contributed by atoms with E-state index in [0.717, 1.165) is 24.7 Å². The molecule has 5 rings (SSSR count). The van der Waals surface area contributed by atoms with E-state index in [1.807, 2.05) is 12.1 Å². The van der Waals surface area contributed by atoms with E-state index in [2.05, 4.69) is 13.0 Å². The maximum Gasteiger partial charge on any atom is 0.181 e. The number of aryl methyl sites for hydroxylation is 1. The first-order valence-electron chi connectivity index (χ1n) is 10.3. The average Bonchev–Trinajstić information content (AvgIpc) is 2.98. The van der Waals surface area contributed by atoms with Gasteiger partial charge in [-0.15, -0.1) is 0 Å². The number of ether oxygens (including phenoxy) is 3. The minimum absolute atomic E-state index is 0.183. The number of benzene rings is 1. The lowest BCUT2D eigenvalue weighted by Gasteiger charge is -2.51. The van der Waals surface area contributed by atoms with Crippen LogP contribution in [0.1, 0.15) is 56.1 Å². The number of fused-ring (bicyclic) bond motifs is 5. The fourth-order valence-electron chi connectivity index (χ4n) is 6.47. The molecule has 3 aliphatic carbocycles. The van der Waals surface area contributed by atoms with E-state index >= 15 is 0 Å². The zero-order valence-corrected chi connectivity index (χ0v) is 15.7. The van der Waals surface area contributed by atoms with Gasteiger partial charge in [0.15, 0.2) is 6.29 Å². The van der Waals surface area contributed by atoms with Crippen molar-refractivity contribution >= 4 is 0 Å². The highest BCUT2D eigenvalue weighted by Crippen LogP contribution is 2.61. The topological polar surface area (TPSA) is 47.9 Å². The van der Waals surface area contributed by atoms with Gasteiger partial charge in [0.25, 0.3) is 0 Å². The zero-order chi connectivity index (χ0) is 17.7. The maximum atomic E-state index is 9.83. The highest BCUT2D eigenvalue weighted by molar-refractivity contribution is 5.40. The van der Waals surface area contributed by atoms with Gasteiger partial charge in [-0.05, 0) is 85.0 Å². The Kier molecular flexibility index (Phi) is 4.26. The summed E-state index contributed by atoms with van der Waals surface area (Å²) in [6, 6.07) is 6.04. The van der Waals surface area contributed by atoms with Crippen molar-refractivity contribution in [1.29, 1.82) is 0 Å². The maximum absolute atomic E-state index is 9.83. The molecule has 4 nitrogen and oxygen atoms in total. The van der Waals surface area contributed by atoms with Gasteiger partial charge in [-0.2, -0.15) is 0 Å². The van der Waals surface area contributed by atoms with Crippen LogP contribution in [0.2, 0.25) is 0 Å². The van der Waals surface area contributed by atoms with Gasteiger partial charge in [0.1, 0.15) is 5.75 Å². The molecule has 2 saturated carbocycles. The van der Waals surface area contributed by atoms with Crippen molar-refractivity contribution in [2.75, 3.05) is 19.8 Å². The molecule has 0 aromatic heterocycles. The van der Waals surface area contributed by atoms with E-state index in [9.17, 15) is 5.11 Å². The summed E-state index contributed by atoms with van der Waals surface area (Å²) in [6.45, 7) is 4.36. The summed E-state index contributed by atoms with van der Waals surface area (Å²) in [6.07, 6.45) is 7.32. The Morgan fingerprint density at radius 1 is 1.15 bits per heavy atom. The van der Waals surface area contributed by atoms with E-state index in [1.54, 1.807) is 0 Å². The van der Waals surface area contributed by atoms with Crippen LogP contribution in [0.15, 0.2) is 18.2 Å². The van der Waals surface area contributed by atoms with Crippen LogP contribution in [-0.4, -0.2) is 37.3 Å². The predicted molar refractivity (Wildman–Crippen MR) is 98.2 cm³/mol. The van der Waals surface area contributed by atoms with Crippen molar-refractivity contribution in [3.8, 4) is 5.75 Å². The zero-order valence-electron chi connectivity index (χ0n) is 15.7. The third-order valence-electron chi connectivity index (χ3n) is 7.72. The first kappa shape index (κ1) is 17.0. The summed E-state index contributed by atoms with van der Waals surface area (Å²) in [4.78, 5) is 0. The average molecular weight is 358 g/mol. The van der Waals surface area contributed by atoms with Crippen molar-refractivity contribution in [1.82, 2.24) is 0 Å². The summed E-state index contributed by atoms with van der Waals surface area (Å²) in [5.41, 5.74) is 3.12. The van der Waals surface area contributed by atoms with Crippen molar-refractivity contribution in [2.45, 2.75) is 63.8 Å². The Morgan fingerprint density at radius 2 is 2.08 bits per heavy atom. The summed E-state index contributed by atoms with van der Waals surface area (Å²) in [7, 11) is 0. The quantitative estimate of drug-likeness (QED) is 0.868. The molecule has 1 unspecified atom stereocenters. The molecule has 0 spiro atoms. The van der Waals surface area contributed by atoms with E-state index in [-0.39, 0.29) is 11.7 Å². The van der Waals surface area contributed by atoms with Crippen LogP contribution in [0.3, 0.4) is 0 Å². The monoisotopic (exact) mass is 358 g/mol. The molecule has 1 aromatic carbocycles. The van der Waals surface area contributed by atoms with Crippen LogP contribution in [0, 0.1) is 17.3 Å². The van der Waals surface area contributed by atoms with Crippen molar-refractivity contribution in [3.05, 3.63) is 29.3 Å². The standard InChI is InChI=1S/C22H30O4/c1-22-9-8-17-16-5-3-15(23)12-14(16)2-4-18(17)19(22)6-7-20(22)26-21-13-24-10-11-25-21/h3,5,12,17-21,23H,2,4,6-11,13H2,1H3/t17-,18-,19+,20+,21?,22+/m1/s1. The summed E-state index contributed by atoms with van der Waals surface area (Å²) < 4.78 is 17.7. The van der Waals surface area contributed by atoms with Gasteiger partial charge in [-0.1, -0.05) is 13.0 Å². The van der Waals surface area contributed by atoms with Gasteiger partial charge < -0.3 is 19.3 Å². The highest BCUT2D eigenvalue weighted by atomic mass is 16.7. The molecule has 4 aliphatic rings. The molecule has 3 fully saturated rings. The van der Waals surface area contributed by atoms with Crippen LogP contribution in [0.4, 0.5) is 0 Å². The molecular formula is C22H30O4. The molecule has 1 heterocycles. The molecule has 4 heteroatoms. The normalized spacial score (nSPS) is 42.0. The van der Waals surface area contributed by atoms with Crippen molar-refractivity contribution in [3.63, 3.8) is 0 Å². The molecule has 1 aliphatic heterocycles. The fraction of sp³-hybridized carbons (Fsp3) is 0.727. The Hall–Kier alpha value is -1.10. The van der Waals surface area contributed by atoms with Crippen LogP contribution in [-0.2, 0) is 20.6 Å². The molecule has 1 N–H and O–H groups in total. The van der Waals surface area contributed by atoms with Crippen LogP contribution >= 0.6 is 0 Å². The molecule has 1 aromatic rings. The van der Waals surface area contributed by atoms with Gasteiger partial charge in [-0.25, -0.2) is 0 Å². The van der Waals surface area contributed by atoms with E-state index in [1.165, 1.54) is 36.8 Å². The van der Waals surface area contributed by atoms with Crippen LogP contribution in [0.25, 0.3) is 0 Å². The molecule has 0 amide bonds. The molecule has 6 atom stereocenters. The SMILES string of the molecule is C[C@]12CC[C@@H]3c4ccc(O)cc4CC[C@H]3[C@@H]1CC[C@@H]2OC1COCCO1. The molecule has 142 valence electrons. The molecule has 0 radical (unpaired) electrons.